The molecule has 3 aromatic rings. The second-order valence-corrected chi connectivity index (χ2v) is 9.33. The summed E-state index contributed by atoms with van der Waals surface area (Å²) in [6, 6.07) is 19.1. The lowest BCUT2D eigenvalue weighted by Crippen LogP contribution is -2.40. The quantitative estimate of drug-likeness (QED) is 0.407. The van der Waals surface area contributed by atoms with Crippen LogP contribution in [0.4, 0.5) is 20.6 Å². The second-order valence-electron chi connectivity index (χ2n) is 9.33. The molecule has 0 aromatic heterocycles. The Bertz CT molecular complexity index is 1210. The molecule has 3 aromatic carbocycles. The van der Waals surface area contributed by atoms with E-state index in [1.165, 1.54) is 17.7 Å². The van der Waals surface area contributed by atoms with E-state index < -0.39 is 6.10 Å². The fourth-order valence-electron chi connectivity index (χ4n) is 4.19. The van der Waals surface area contributed by atoms with Gasteiger partial charge in [0.2, 0.25) is 0 Å². The van der Waals surface area contributed by atoms with Gasteiger partial charge in [0.05, 0.1) is 0 Å². The van der Waals surface area contributed by atoms with E-state index in [1.54, 1.807) is 29.2 Å². The average Bonchev–Trinajstić information content (AvgIpc) is 2.99. The van der Waals surface area contributed by atoms with Gasteiger partial charge in [-0.1, -0.05) is 45.0 Å². The van der Waals surface area contributed by atoms with Gasteiger partial charge in [0.15, 0.2) is 6.10 Å². The Labute approximate surface area is 211 Å². The molecule has 0 aliphatic carbocycles. The molecule has 0 unspecified atom stereocenters. The number of nitrogens with one attached hydrogen (secondary N) is 2. The Morgan fingerprint density at radius 3 is 2.36 bits per heavy atom. The SMILES string of the molecule is CC[C@@H]1Oc2ccc(NC(=O)Nc3ccc(C(C)C)cc3)cc2CN(CCc2ccc(F)cc2)C1=O. The minimum Gasteiger partial charge on any atom is -0.480 e. The van der Waals surface area contributed by atoms with Crippen LogP contribution in [0, 0.1) is 5.82 Å². The van der Waals surface area contributed by atoms with Gasteiger partial charge in [0.1, 0.15) is 11.6 Å². The number of amides is 3. The van der Waals surface area contributed by atoms with Crippen molar-refractivity contribution in [1.82, 2.24) is 4.90 Å². The van der Waals surface area contributed by atoms with E-state index in [0.717, 1.165) is 11.1 Å². The fraction of sp³-hybridized carbons (Fsp3) is 0.310. The number of fused-ring (bicyclic) bond motifs is 1. The van der Waals surface area contributed by atoms with Crippen LogP contribution < -0.4 is 15.4 Å². The van der Waals surface area contributed by atoms with Crippen LogP contribution in [0.3, 0.4) is 0 Å². The van der Waals surface area contributed by atoms with E-state index in [-0.39, 0.29) is 17.8 Å². The van der Waals surface area contributed by atoms with E-state index in [9.17, 15) is 14.0 Å². The molecular weight excluding hydrogens is 457 g/mol. The lowest BCUT2D eigenvalue weighted by Gasteiger charge is -2.23. The highest BCUT2D eigenvalue weighted by atomic mass is 19.1. The van der Waals surface area contributed by atoms with Gasteiger partial charge in [-0.05, 0) is 72.4 Å². The van der Waals surface area contributed by atoms with Crippen molar-refractivity contribution >= 4 is 23.3 Å². The highest BCUT2D eigenvalue weighted by Crippen LogP contribution is 2.30. The predicted molar refractivity (Wildman–Crippen MR) is 140 cm³/mol. The molecular formula is C29H32FN3O3. The molecule has 0 radical (unpaired) electrons. The molecule has 1 aliphatic heterocycles. The summed E-state index contributed by atoms with van der Waals surface area (Å²) < 4.78 is 19.3. The van der Waals surface area contributed by atoms with Crippen molar-refractivity contribution in [2.75, 3.05) is 17.2 Å². The van der Waals surface area contributed by atoms with Gasteiger partial charge in [0.25, 0.3) is 5.91 Å². The third-order valence-electron chi connectivity index (χ3n) is 6.33. The molecule has 0 fully saturated rings. The van der Waals surface area contributed by atoms with Gasteiger partial charge in [-0.25, -0.2) is 9.18 Å². The molecule has 0 saturated heterocycles. The van der Waals surface area contributed by atoms with Crippen molar-refractivity contribution < 1.29 is 18.7 Å². The zero-order valence-corrected chi connectivity index (χ0v) is 20.9. The molecule has 0 spiro atoms. The first-order chi connectivity index (χ1) is 17.3. The summed E-state index contributed by atoms with van der Waals surface area (Å²) >= 11 is 0. The van der Waals surface area contributed by atoms with E-state index in [4.69, 9.17) is 4.74 Å². The number of nitrogens with zero attached hydrogens (tertiary/aromatic N) is 1. The number of ether oxygens (including phenoxy) is 1. The number of hydrogen-bond donors (Lipinski definition) is 2. The van der Waals surface area contributed by atoms with Crippen molar-refractivity contribution in [2.24, 2.45) is 0 Å². The lowest BCUT2D eigenvalue weighted by atomic mass is 10.0. The average molecular weight is 490 g/mol. The molecule has 6 nitrogen and oxygen atoms in total. The molecule has 7 heteroatoms. The van der Waals surface area contributed by atoms with Crippen LogP contribution in [0.15, 0.2) is 66.7 Å². The topological polar surface area (TPSA) is 70.7 Å². The maximum absolute atomic E-state index is 13.2. The minimum absolute atomic E-state index is 0.0760. The van der Waals surface area contributed by atoms with Crippen molar-refractivity contribution in [1.29, 1.82) is 0 Å². The Kier molecular flexibility index (Phi) is 7.88. The highest BCUT2D eigenvalue weighted by Gasteiger charge is 2.29. The molecule has 2 N–H and O–H groups in total. The highest BCUT2D eigenvalue weighted by molar-refractivity contribution is 5.99. The number of anilines is 2. The van der Waals surface area contributed by atoms with Crippen LogP contribution in [0.25, 0.3) is 0 Å². The van der Waals surface area contributed by atoms with Crippen LogP contribution in [-0.4, -0.2) is 29.5 Å². The molecule has 4 rings (SSSR count). The first-order valence-electron chi connectivity index (χ1n) is 12.3. The predicted octanol–water partition coefficient (Wildman–Crippen LogP) is 6.34. The number of benzene rings is 3. The second kappa shape index (κ2) is 11.2. The van der Waals surface area contributed by atoms with Crippen molar-refractivity contribution in [3.63, 3.8) is 0 Å². The lowest BCUT2D eigenvalue weighted by molar-refractivity contribution is -0.138. The Morgan fingerprint density at radius 1 is 1.03 bits per heavy atom. The summed E-state index contributed by atoms with van der Waals surface area (Å²) in [4.78, 5) is 27.5. The van der Waals surface area contributed by atoms with Crippen LogP contribution in [0.1, 0.15) is 49.8 Å². The molecule has 1 atom stereocenters. The molecule has 1 aliphatic rings. The zero-order chi connectivity index (χ0) is 25.7. The normalized spacial score (nSPS) is 15.2. The van der Waals surface area contributed by atoms with Crippen molar-refractivity contribution in [2.45, 2.75) is 52.2 Å². The van der Waals surface area contributed by atoms with Gasteiger partial charge >= 0.3 is 6.03 Å². The number of hydrogen-bond acceptors (Lipinski definition) is 3. The maximum atomic E-state index is 13.2. The number of urea groups is 1. The summed E-state index contributed by atoms with van der Waals surface area (Å²) in [5.74, 6) is 0.696. The third kappa shape index (κ3) is 6.22. The van der Waals surface area contributed by atoms with Crippen LogP contribution in [0.5, 0.6) is 5.75 Å². The summed E-state index contributed by atoms with van der Waals surface area (Å²) in [5, 5.41) is 5.72. The van der Waals surface area contributed by atoms with Crippen LogP contribution in [0.2, 0.25) is 0 Å². The summed E-state index contributed by atoms with van der Waals surface area (Å²) in [5.41, 5.74) is 4.29. The Hall–Kier alpha value is -3.87. The largest absolute Gasteiger partial charge is 0.480 e. The fourth-order valence-corrected chi connectivity index (χ4v) is 4.19. The smallest absolute Gasteiger partial charge is 0.323 e. The van der Waals surface area contributed by atoms with Crippen molar-refractivity contribution in [3.05, 3.63) is 89.2 Å². The Balaban J connectivity index is 1.45. The third-order valence-corrected chi connectivity index (χ3v) is 6.33. The number of carbonyl (C=O) groups excluding carboxylic acids is 2. The van der Waals surface area contributed by atoms with Crippen LogP contribution in [-0.2, 0) is 17.8 Å². The zero-order valence-electron chi connectivity index (χ0n) is 20.9. The molecule has 188 valence electrons. The van der Waals surface area contributed by atoms with Gasteiger partial charge in [0, 0.05) is 30.0 Å². The van der Waals surface area contributed by atoms with Gasteiger partial charge in [-0.15, -0.1) is 0 Å². The minimum atomic E-state index is -0.574. The van der Waals surface area contributed by atoms with E-state index in [0.29, 0.717) is 49.0 Å². The monoisotopic (exact) mass is 489 g/mol. The molecule has 1 heterocycles. The number of rotatable bonds is 7. The number of halogens is 1. The van der Waals surface area contributed by atoms with E-state index >= 15 is 0 Å². The summed E-state index contributed by atoms with van der Waals surface area (Å²) in [6.45, 7) is 7.00. The Morgan fingerprint density at radius 2 is 1.69 bits per heavy atom. The first-order valence-corrected chi connectivity index (χ1v) is 12.3. The summed E-state index contributed by atoms with van der Waals surface area (Å²) in [7, 11) is 0. The summed E-state index contributed by atoms with van der Waals surface area (Å²) in [6.07, 6.45) is 0.576. The van der Waals surface area contributed by atoms with Gasteiger partial charge in [-0.3, -0.25) is 4.79 Å². The first kappa shape index (κ1) is 25.2. The van der Waals surface area contributed by atoms with Gasteiger partial charge in [-0.2, -0.15) is 0 Å². The maximum Gasteiger partial charge on any atom is 0.323 e. The molecule has 3 amide bonds. The van der Waals surface area contributed by atoms with Crippen LogP contribution >= 0.6 is 0 Å². The molecule has 0 saturated carbocycles. The molecule has 0 bridgehead atoms. The number of carbonyl (C=O) groups is 2. The standard InChI is InChI=1S/C29H32FN3O3/c1-4-26-28(34)33(16-15-20-5-9-23(30)10-6-20)18-22-17-25(13-14-27(22)36-26)32-29(35)31-24-11-7-21(8-12-24)19(2)3/h5-14,17,19,26H,4,15-16,18H2,1-3H3,(H2,31,32,35)/t26-/m0/s1. The van der Waals surface area contributed by atoms with E-state index in [1.807, 2.05) is 37.3 Å². The van der Waals surface area contributed by atoms with E-state index in [2.05, 4.69) is 24.5 Å². The van der Waals surface area contributed by atoms with Gasteiger partial charge < -0.3 is 20.3 Å². The molecule has 36 heavy (non-hydrogen) atoms. The van der Waals surface area contributed by atoms with Crippen molar-refractivity contribution in [3.8, 4) is 5.75 Å².